The Morgan fingerprint density at radius 3 is 2.75 bits per heavy atom. The SMILES string of the molecule is CC(=O)C[C@@H](C)c1c(C)[nH]c2ccccc12. The predicted molar refractivity (Wildman–Crippen MR) is 66.7 cm³/mol. The highest BCUT2D eigenvalue weighted by atomic mass is 16.1. The number of Topliss-reactive ketones (excluding diaryl/α,β-unsaturated/α-hetero) is 1. The molecule has 0 fully saturated rings. The number of aryl methyl sites for hydroxylation is 1. The van der Waals surface area contributed by atoms with Crippen molar-refractivity contribution < 1.29 is 4.79 Å². The maximum atomic E-state index is 11.2. The van der Waals surface area contributed by atoms with Crippen LogP contribution < -0.4 is 0 Å². The van der Waals surface area contributed by atoms with Gasteiger partial charge in [-0.2, -0.15) is 0 Å². The van der Waals surface area contributed by atoms with Gasteiger partial charge < -0.3 is 9.78 Å². The molecule has 2 nitrogen and oxygen atoms in total. The van der Waals surface area contributed by atoms with Crippen LogP contribution in [0.25, 0.3) is 10.9 Å². The monoisotopic (exact) mass is 215 g/mol. The number of benzene rings is 1. The number of nitrogens with one attached hydrogen (secondary N) is 1. The molecule has 0 saturated heterocycles. The van der Waals surface area contributed by atoms with Crippen LogP contribution in [0.2, 0.25) is 0 Å². The molecule has 0 aliphatic rings. The van der Waals surface area contributed by atoms with Crippen molar-refractivity contribution in [3.05, 3.63) is 35.5 Å². The van der Waals surface area contributed by atoms with Gasteiger partial charge in [0, 0.05) is 23.0 Å². The summed E-state index contributed by atoms with van der Waals surface area (Å²) in [4.78, 5) is 14.6. The third-order valence-electron chi connectivity index (χ3n) is 3.03. The number of carbonyl (C=O) groups excluding carboxylic acids is 1. The van der Waals surface area contributed by atoms with Gasteiger partial charge in [0.2, 0.25) is 0 Å². The second kappa shape index (κ2) is 4.12. The zero-order valence-corrected chi connectivity index (χ0v) is 10.0. The van der Waals surface area contributed by atoms with Crippen molar-refractivity contribution in [2.75, 3.05) is 0 Å². The Morgan fingerprint density at radius 2 is 2.06 bits per heavy atom. The van der Waals surface area contributed by atoms with Crippen LogP contribution in [0.3, 0.4) is 0 Å². The lowest BCUT2D eigenvalue weighted by atomic mass is 9.93. The number of aromatic amines is 1. The van der Waals surface area contributed by atoms with E-state index in [1.165, 1.54) is 16.6 Å². The van der Waals surface area contributed by atoms with E-state index in [0.29, 0.717) is 6.42 Å². The van der Waals surface area contributed by atoms with E-state index in [2.05, 4.69) is 31.0 Å². The van der Waals surface area contributed by atoms with E-state index in [9.17, 15) is 4.79 Å². The smallest absolute Gasteiger partial charge is 0.130 e. The summed E-state index contributed by atoms with van der Waals surface area (Å²) in [6.07, 6.45) is 0.614. The molecule has 1 atom stereocenters. The fourth-order valence-electron chi connectivity index (χ4n) is 2.47. The zero-order chi connectivity index (χ0) is 11.7. The summed E-state index contributed by atoms with van der Waals surface area (Å²) < 4.78 is 0. The number of aromatic nitrogens is 1. The molecule has 1 aromatic carbocycles. The van der Waals surface area contributed by atoms with Gasteiger partial charge in [-0.05, 0) is 31.4 Å². The van der Waals surface area contributed by atoms with Crippen LogP contribution in [-0.2, 0) is 4.79 Å². The number of hydrogen-bond donors (Lipinski definition) is 1. The Morgan fingerprint density at radius 1 is 1.38 bits per heavy atom. The number of rotatable bonds is 3. The van der Waals surface area contributed by atoms with Gasteiger partial charge in [0.1, 0.15) is 5.78 Å². The van der Waals surface area contributed by atoms with Crippen molar-refractivity contribution in [1.82, 2.24) is 4.98 Å². The summed E-state index contributed by atoms with van der Waals surface area (Å²) in [5, 5.41) is 1.24. The van der Waals surface area contributed by atoms with Gasteiger partial charge in [-0.3, -0.25) is 0 Å². The molecular formula is C14H17NO. The molecule has 2 heteroatoms. The molecule has 0 aliphatic carbocycles. The Hall–Kier alpha value is -1.57. The number of fused-ring (bicyclic) bond motifs is 1. The average Bonchev–Trinajstić information content (AvgIpc) is 2.52. The van der Waals surface area contributed by atoms with E-state index in [0.717, 1.165) is 5.52 Å². The van der Waals surface area contributed by atoms with Crippen LogP contribution in [0.5, 0.6) is 0 Å². The lowest BCUT2D eigenvalue weighted by Crippen LogP contribution is -2.01. The summed E-state index contributed by atoms with van der Waals surface area (Å²) in [5.74, 6) is 0.533. The summed E-state index contributed by atoms with van der Waals surface area (Å²) in [7, 11) is 0. The van der Waals surface area contributed by atoms with Crippen LogP contribution in [0.4, 0.5) is 0 Å². The van der Waals surface area contributed by atoms with E-state index in [4.69, 9.17) is 0 Å². The van der Waals surface area contributed by atoms with Gasteiger partial charge in [0.05, 0.1) is 0 Å². The molecule has 1 heterocycles. The van der Waals surface area contributed by atoms with Crippen molar-refractivity contribution in [2.24, 2.45) is 0 Å². The molecule has 0 unspecified atom stereocenters. The molecule has 1 N–H and O–H groups in total. The highest BCUT2D eigenvalue weighted by Gasteiger charge is 2.15. The molecule has 0 spiro atoms. The lowest BCUT2D eigenvalue weighted by Gasteiger charge is -2.09. The van der Waals surface area contributed by atoms with Crippen molar-refractivity contribution in [3.8, 4) is 0 Å². The molecule has 0 saturated carbocycles. The summed E-state index contributed by atoms with van der Waals surface area (Å²) >= 11 is 0. The summed E-state index contributed by atoms with van der Waals surface area (Å²) in [5.41, 5.74) is 3.62. The van der Waals surface area contributed by atoms with Crippen molar-refractivity contribution in [1.29, 1.82) is 0 Å². The number of hydrogen-bond acceptors (Lipinski definition) is 1. The molecule has 16 heavy (non-hydrogen) atoms. The first-order valence-electron chi connectivity index (χ1n) is 5.66. The predicted octanol–water partition coefficient (Wildman–Crippen LogP) is 3.56. The Bertz CT molecular complexity index is 525. The van der Waals surface area contributed by atoms with E-state index in [1.807, 2.05) is 12.1 Å². The fourth-order valence-corrected chi connectivity index (χ4v) is 2.47. The first kappa shape index (κ1) is 10.9. The highest BCUT2D eigenvalue weighted by molar-refractivity contribution is 5.86. The molecule has 0 aliphatic heterocycles. The second-order valence-corrected chi connectivity index (χ2v) is 4.52. The van der Waals surface area contributed by atoms with Gasteiger partial charge in [0.15, 0.2) is 0 Å². The maximum Gasteiger partial charge on any atom is 0.130 e. The molecular weight excluding hydrogens is 198 g/mol. The summed E-state index contributed by atoms with van der Waals surface area (Å²) in [6.45, 7) is 5.84. The number of para-hydroxylation sites is 1. The third kappa shape index (κ3) is 1.87. The van der Waals surface area contributed by atoms with Gasteiger partial charge >= 0.3 is 0 Å². The maximum absolute atomic E-state index is 11.2. The molecule has 2 rings (SSSR count). The van der Waals surface area contributed by atoms with Gasteiger partial charge in [-0.15, -0.1) is 0 Å². The zero-order valence-electron chi connectivity index (χ0n) is 10.0. The van der Waals surface area contributed by atoms with Gasteiger partial charge in [-0.25, -0.2) is 0 Å². The molecule has 1 aromatic heterocycles. The number of carbonyl (C=O) groups is 1. The van der Waals surface area contributed by atoms with E-state index >= 15 is 0 Å². The molecule has 0 amide bonds. The lowest BCUT2D eigenvalue weighted by molar-refractivity contribution is -0.117. The minimum atomic E-state index is 0.247. The van der Waals surface area contributed by atoms with Crippen LogP contribution >= 0.6 is 0 Å². The quantitative estimate of drug-likeness (QED) is 0.834. The fraction of sp³-hybridized carbons (Fsp3) is 0.357. The van der Waals surface area contributed by atoms with E-state index < -0.39 is 0 Å². The van der Waals surface area contributed by atoms with E-state index in [1.54, 1.807) is 6.92 Å². The largest absolute Gasteiger partial charge is 0.358 e. The van der Waals surface area contributed by atoms with Crippen LogP contribution in [0.15, 0.2) is 24.3 Å². The first-order valence-corrected chi connectivity index (χ1v) is 5.66. The minimum absolute atomic E-state index is 0.247. The van der Waals surface area contributed by atoms with Crippen molar-refractivity contribution in [3.63, 3.8) is 0 Å². The molecule has 2 aromatic rings. The Labute approximate surface area is 95.7 Å². The number of H-pyrrole nitrogens is 1. The van der Waals surface area contributed by atoms with Crippen LogP contribution in [-0.4, -0.2) is 10.8 Å². The summed E-state index contributed by atoms with van der Waals surface area (Å²) in [6, 6.07) is 8.26. The number of ketones is 1. The molecule has 0 bridgehead atoms. The highest BCUT2D eigenvalue weighted by Crippen LogP contribution is 2.30. The minimum Gasteiger partial charge on any atom is -0.358 e. The Balaban J connectivity index is 2.50. The van der Waals surface area contributed by atoms with Crippen LogP contribution in [0, 0.1) is 6.92 Å². The van der Waals surface area contributed by atoms with Gasteiger partial charge in [0.25, 0.3) is 0 Å². The van der Waals surface area contributed by atoms with E-state index in [-0.39, 0.29) is 11.7 Å². The average molecular weight is 215 g/mol. The standard InChI is InChI=1S/C14H17NO/c1-9(8-10(2)16)14-11(3)15-13-7-5-4-6-12(13)14/h4-7,9,15H,8H2,1-3H3/t9-/m1/s1. The molecule has 84 valence electrons. The van der Waals surface area contributed by atoms with Crippen LogP contribution in [0.1, 0.15) is 37.4 Å². The normalized spacial score (nSPS) is 12.9. The third-order valence-corrected chi connectivity index (χ3v) is 3.03. The van der Waals surface area contributed by atoms with Gasteiger partial charge in [-0.1, -0.05) is 25.1 Å². The molecule has 0 radical (unpaired) electrons. The first-order chi connectivity index (χ1) is 7.59. The second-order valence-electron chi connectivity index (χ2n) is 4.52. The van der Waals surface area contributed by atoms with Crippen molar-refractivity contribution in [2.45, 2.75) is 33.1 Å². The van der Waals surface area contributed by atoms with Crippen molar-refractivity contribution >= 4 is 16.7 Å². The Kier molecular flexibility index (Phi) is 2.82. The topological polar surface area (TPSA) is 32.9 Å².